The average molecular weight is 303 g/mol. The highest BCUT2D eigenvalue weighted by molar-refractivity contribution is 4.98. The highest BCUT2D eigenvalue weighted by Crippen LogP contribution is 2.29. The summed E-state index contributed by atoms with van der Waals surface area (Å²) < 4.78 is 3.92. The van der Waals surface area contributed by atoms with Gasteiger partial charge in [-0.15, -0.1) is 0 Å². The summed E-state index contributed by atoms with van der Waals surface area (Å²) in [4.78, 5) is 6.73. The third kappa shape index (κ3) is 3.39. The Labute approximate surface area is 131 Å². The van der Waals surface area contributed by atoms with E-state index in [0.717, 1.165) is 50.5 Å². The van der Waals surface area contributed by atoms with Crippen LogP contribution in [0.1, 0.15) is 30.5 Å². The fourth-order valence-corrected chi connectivity index (χ4v) is 3.20. The Morgan fingerprint density at radius 1 is 1.27 bits per heavy atom. The monoisotopic (exact) mass is 303 g/mol. The molecule has 6 nitrogen and oxygen atoms in total. The van der Waals surface area contributed by atoms with Crippen molar-refractivity contribution < 1.29 is 5.11 Å². The minimum absolute atomic E-state index is 0.310. The Morgan fingerprint density at radius 2 is 2.05 bits per heavy atom. The van der Waals surface area contributed by atoms with Gasteiger partial charge in [0.15, 0.2) is 0 Å². The lowest BCUT2D eigenvalue weighted by Crippen LogP contribution is -2.37. The Morgan fingerprint density at radius 3 is 2.64 bits per heavy atom. The second-order valence-corrected chi connectivity index (χ2v) is 6.24. The van der Waals surface area contributed by atoms with Gasteiger partial charge in [-0.1, -0.05) is 0 Å². The Balaban J connectivity index is 1.47. The Bertz CT molecular complexity index is 597. The van der Waals surface area contributed by atoms with Gasteiger partial charge in [-0.25, -0.2) is 4.98 Å². The van der Waals surface area contributed by atoms with Crippen LogP contribution < -0.4 is 0 Å². The third-order valence-electron chi connectivity index (χ3n) is 4.62. The van der Waals surface area contributed by atoms with E-state index in [1.54, 1.807) is 6.20 Å². The number of hydrogen-bond acceptors (Lipinski definition) is 4. The van der Waals surface area contributed by atoms with Crippen molar-refractivity contribution in [3.05, 3.63) is 36.2 Å². The van der Waals surface area contributed by atoms with E-state index < -0.39 is 6.10 Å². The van der Waals surface area contributed by atoms with E-state index in [1.807, 2.05) is 41.7 Å². The lowest BCUT2D eigenvalue weighted by Gasteiger charge is -2.33. The minimum Gasteiger partial charge on any atom is -0.385 e. The van der Waals surface area contributed by atoms with Crippen molar-refractivity contribution in [1.82, 2.24) is 24.2 Å². The molecule has 2 aromatic rings. The maximum atomic E-state index is 10.5. The summed E-state index contributed by atoms with van der Waals surface area (Å²) >= 11 is 0. The van der Waals surface area contributed by atoms with Crippen molar-refractivity contribution in [2.75, 3.05) is 19.6 Å². The lowest BCUT2D eigenvalue weighted by atomic mass is 9.91. The molecule has 2 aromatic heterocycles. The number of piperidine rings is 1. The van der Waals surface area contributed by atoms with E-state index in [2.05, 4.69) is 15.0 Å². The van der Waals surface area contributed by atoms with Crippen LogP contribution >= 0.6 is 0 Å². The first-order valence-electron chi connectivity index (χ1n) is 8.01. The van der Waals surface area contributed by atoms with Crippen molar-refractivity contribution in [3.63, 3.8) is 0 Å². The van der Waals surface area contributed by atoms with Gasteiger partial charge in [-0.3, -0.25) is 4.68 Å². The van der Waals surface area contributed by atoms with Gasteiger partial charge in [0.1, 0.15) is 11.9 Å². The highest BCUT2D eigenvalue weighted by atomic mass is 16.3. The molecule has 0 amide bonds. The largest absolute Gasteiger partial charge is 0.385 e. The van der Waals surface area contributed by atoms with Gasteiger partial charge in [0.2, 0.25) is 0 Å². The molecule has 1 saturated heterocycles. The topological polar surface area (TPSA) is 59.1 Å². The minimum atomic E-state index is -0.448. The molecular weight excluding hydrogens is 278 g/mol. The first-order chi connectivity index (χ1) is 10.6. The molecule has 3 heterocycles. The van der Waals surface area contributed by atoms with Crippen LogP contribution in [0.15, 0.2) is 24.7 Å². The maximum Gasteiger partial charge on any atom is 0.137 e. The number of nitrogens with zero attached hydrogens (tertiary/aromatic N) is 5. The summed E-state index contributed by atoms with van der Waals surface area (Å²) in [6.45, 7) is 6.03. The van der Waals surface area contributed by atoms with E-state index in [4.69, 9.17) is 0 Å². The van der Waals surface area contributed by atoms with Crippen LogP contribution in [-0.4, -0.2) is 49.0 Å². The van der Waals surface area contributed by atoms with Crippen molar-refractivity contribution >= 4 is 0 Å². The van der Waals surface area contributed by atoms with Crippen LogP contribution in [0.4, 0.5) is 0 Å². The normalized spacial score (nSPS) is 18.7. The van der Waals surface area contributed by atoms with E-state index >= 15 is 0 Å². The molecule has 1 fully saturated rings. The number of aromatic nitrogens is 4. The molecule has 0 bridgehead atoms. The lowest BCUT2D eigenvalue weighted by molar-refractivity contribution is 0.0501. The third-order valence-corrected chi connectivity index (χ3v) is 4.62. The molecule has 1 N–H and O–H groups in total. The second-order valence-electron chi connectivity index (χ2n) is 6.24. The number of aliphatic hydroxyl groups is 1. The van der Waals surface area contributed by atoms with Gasteiger partial charge in [0.25, 0.3) is 0 Å². The summed E-state index contributed by atoms with van der Waals surface area (Å²) in [5.41, 5.74) is 1.07. The molecule has 1 atom stereocenters. The number of imidazole rings is 1. The molecule has 3 rings (SSSR count). The van der Waals surface area contributed by atoms with Gasteiger partial charge in [0, 0.05) is 32.2 Å². The van der Waals surface area contributed by atoms with E-state index in [-0.39, 0.29) is 0 Å². The van der Waals surface area contributed by atoms with Crippen molar-refractivity contribution in [2.24, 2.45) is 13.0 Å². The number of rotatable bonds is 5. The first kappa shape index (κ1) is 15.2. The molecule has 1 aliphatic rings. The van der Waals surface area contributed by atoms with Crippen LogP contribution in [0.25, 0.3) is 0 Å². The Kier molecular flexibility index (Phi) is 4.59. The predicted molar refractivity (Wildman–Crippen MR) is 84.3 cm³/mol. The first-order valence-corrected chi connectivity index (χ1v) is 8.01. The summed E-state index contributed by atoms with van der Waals surface area (Å²) in [5.74, 6) is 1.09. The summed E-state index contributed by atoms with van der Waals surface area (Å²) in [6.07, 6.45) is 7.26. The Hall–Kier alpha value is -1.66. The average Bonchev–Trinajstić information content (AvgIpc) is 3.13. The SMILES string of the molecule is Cc1ccn(CCN2CCC([C@H](O)c3nccn3C)CC2)n1. The molecule has 6 heteroatoms. The smallest absolute Gasteiger partial charge is 0.137 e. The number of aryl methyl sites for hydroxylation is 2. The van der Waals surface area contributed by atoms with Crippen LogP contribution in [0.3, 0.4) is 0 Å². The van der Waals surface area contributed by atoms with Crippen molar-refractivity contribution in [3.8, 4) is 0 Å². The number of aliphatic hydroxyl groups excluding tert-OH is 1. The zero-order valence-corrected chi connectivity index (χ0v) is 13.4. The fourth-order valence-electron chi connectivity index (χ4n) is 3.20. The van der Waals surface area contributed by atoms with Crippen molar-refractivity contribution in [2.45, 2.75) is 32.4 Å². The molecule has 0 saturated carbocycles. The molecule has 22 heavy (non-hydrogen) atoms. The molecule has 1 aliphatic heterocycles. The molecular formula is C16H25N5O. The van der Waals surface area contributed by atoms with Crippen LogP contribution in [0, 0.1) is 12.8 Å². The van der Waals surface area contributed by atoms with E-state index in [1.165, 1.54) is 0 Å². The van der Waals surface area contributed by atoms with Crippen LogP contribution in [-0.2, 0) is 13.6 Å². The number of likely N-dealkylation sites (tertiary alicyclic amines) is 1. The van der Waals surface area contributed by atoms with Crippen LogP contribution in [0.5, 0.6) is 0 Å². The summed E-state index contributed by atoms with van der Waals surface area (Å²) in [6, 6.07) is 2.04. The molecule has 0 unspecified atom stereocenters. The standard InChI is InChI=1S/C16H25N5O/c1-13-3-9-21(18-13)12-11-20-7-4-14(5-8-20)15(22)16-17-6-10-19(16)2/h3,6,9-10,14-15,22H,4-5,7-8,11-12H2,1-2H3/t15-/m0/s1. The van der Waals surface area contributed by atoms with E-state index in [0.29, 0.717) is 5.92 Å². The predicted octanol–water partition coefficient (Wildman–Crippen LogP) is 1.37. The fraction of sp³-hybridized carbons (Fsp3) is 0.625. The van der Waals surface area contributed by atoms with E-state index in [9.17, 15) is 5.11 Å². The van der Waals surface area contributed by atoms with Crippen LogP contribution in [0.2, 0.25) is 0 Å². The zero-order chi connectivity index (χ0) is 15.5. The maximum absolute atomic E-state index is 10.5. The van der Waals surface area contributed by atoms with Gasteiger partial charge < -0.3 is 14.6 Å². The van der Waals surface area contributed by atoms with Crippen molar-refractivity contribution in [1.29, 1.82) is 0 Å². The number of hydrogen-bond donors (Lipinski definition) is 1. The second kappa shape index (κ2) is 6.62. The van der Waals surface area contributed by atoms with Gasteiger partial charge >= 0.3 is 0 Å². The van der Waals surface area contributed by atoms with Gasteiger partial charge in [-0.2, -0.15) is 5.10 Å². The molecule has 0 aromatic carbocycles. The molecule has 0 aliphatic carbocycles. The molecule has 120 valence electrons. The van der Waals surface area contributed by atoms with Gasteiger partial charge in [0.05, 0.1) is 12.2 Å². The molecule has 0 radical (unpaired) electrons. The quantitative estimate of drug-likeness (QED) is 0.906. The highest BCUT2D eigenvalue weighted by Gasteiger charge is 2.28. The summed E-state index contributed by atoms with van der Waals surface area (Å²) in [5, 5.41) is 14.9. The summed E-state index contributed by atoms with van der Waals surface area (Å²) in [7, 11) is 1.94. The van der Waals surface area contributed by atoms with Gasteiger partial charge in [-0.05, 0) is 44.8 Å². The molecule has 0 spiro atoms. The zero-order valence-electron chi connectivity index (χ0n) is 13.4.